The molecule has 4 nitrogen and oxygen atoms in total. The summed E-state index contributed by atoms with van der Waals surface area (Å²) in [5, 5.41) is 10.9. The molecule has 96 valence electrons. The molecule has 1 unspecified atom stereocenters. The molecule has 1 aliphatic rings. The minimum absolute atomic E-state index is 0.0704. The first-order valence-corrected chi connectivity index (χ1v) is 7.92. The molecule has 2 aromatic rings. The third-order valence-electron chi connectivity index (χ3n) is 2.88. The highest BCUT2D eigenvalue weighted by molar-refractivity contribution is 9.10. The van der Waals surface area contributed by atoms with Crippen molar-refractivity contribution in [1.82, 2.24) is 0 Å². The molecule has 0 N–H and O–H groups in total. The molecule has 1 aliphatic heterocycles. The van der Waals surface area contributed by atoms with Crippen LogP contribution in [0.5, 0.6) is 0 Å². The average Bonchev–Trinajstić information content (AvgIpc) is 2.61. The number of nitrogens with zero attached hydrogens (tertiary/aromatic N) is 1. The molecule has 1 atom stereocenters. The summed E-state index contributed by atoms with van der Waals surface area (Å²) in [7, 11) is -1.36. The van der Waals surface area contributed by atoms with Gasteiger partial charge in [-0.25, -0.2) is 4.21 Å². The second-order valence-corrected chi connectivity index (χ2v) is 7.15. The highest BCUT2D eigenvalue weighted by Gasteiger charge is 2.29. The van der Waals surface area contributed by atoms with E-state index in [0.29, 0.717) is 14.3 Å². The van der Waals surface area contributed by atoms with Crippen LogP contribution >= 0.6 is 31.9 Å². The van der Waals surface area contributed by atoms with Gasteiger partial charge in [-0.05, 0) is 40.2 Å². The standard InChI is InChI=1S/C12H5Br2NO3S/c13-6-1-2-11-7(3-6)8-4-9(14)10(15(16)17)5-12(8)19(11)18/h1-5H. The summed E-state index contributed by atoms with van der Waals surface area (Å²) in [5.41, 5.74) is 1.55. The first kappa shape index (κ1) is 13.0. The lowest BCUT2D eigenvalue weighted by Crippen LogP contribution is -1.92. The quantitative estimate of drug-likeness (QED) is 0.451. The highest BCUT2D eigenvalue weighted by Crippen LogP contribution is 2.45. The second kappa shape index (κ2) is 4.50. The van der Waals surface area contributed by atoms with Gasteiger partial charge in [0.05, 0.1) is 30.0 Å². The molecule has 19 heavy (non-hydrogen) atoms. The molecule has 1 heterocycles. The topological polar surface area (TPSA) is 60.2 Å². The minimum Gasteiger partial charge on any atom is -0.258 e. The molecule has 0 radical (unpaired) electrons. The van der Waals surface area contributed by atoms with Gasteiger partial charge in [-0.1, -0.05) is 15.9 Å². The maximum absolute atomic E-state index is 12.3. The lowest BCUT2D eigenvalue weighted by molar-refractivity contribution is -0.385. The molecule has 0 saturated carbocycles. The van der Waals surface area contributed by atoms with Crippen molar-refractivity contribution < 1.29 is 9.13 Å². The molecule has 3 rings (SSSR count). The summed E-state index contributed by atoms with van der Waals surface area (Å²) in [5.74, 6) is 0. The molecule has 0 bridgehead atoms. The van der Waals surface area contributed by atoms with E-state index in [-0.39, 0.29) is 5.69 Å². The monoisotopic (exact) mass is 401 g/mol. The highest BCUT2D eigenvalue weighted by atomic mass is 79.9. The Kier molecular flexibility index (Phi) is 3.07. The predicted octanol–water partition coefficient (Wildman–Crippen LogP) is 4.27. The van der Waals surface area contributed by atoms with Crippen LogP contribution in [0.4, 0.5) is 5.69 Å². The first-order chi connectivity index (χ1) is 8.99. The van der Waals surface area contributed by atoms with E-state index < -0.39 is 15.7 Å². The van der Waals surface area contributed by atoms with Crippen molar-refractivity contribution in [2.75, 3.05) is 0 Å². The number of halogens is 2. The lowest BCUT2D eigenvalue weighted by Gasteiger charge is -2.01. The number of benzene rings is 2. The van der Waals surface area contributed by atoms with E-state index >= 15 is 0 Å². The Morgan fingerprint density at radius 2 is 1.74 bits per heavy atom. The fraction of sp³-hybridized carbons (Fsp3) is 0. The van der Waals surface area contributed by atoms with Crippen molar-refractivity contribution in [3.05, 3.63) is 49.4 Å². The number of nitro benzene ring substituents is 1. The van der Waals surface area contributed by atoms with Gasteiger partial charge in [-0.15, -0.1) is 0 Å². The summed E-state index contributed by atoms with van der Waals surface area (Å²) in [6, 6.07) is 8.49. The number of hydrogen-bond acceptors (Lipinski definition) is 3. The van der Waals surface area contributed by atoms with E-state index in [1.807, 2.05) is 12.1 Å². The van der Waals surface area contributed by atoms with Crippen molar-refractivity contribution >= 4 is 48.3 Å². The zero-order valence-corrected chi connectivity index (χ0v) is 13.2. The van der Waals surface area contributed by atoms with E-state index in [1.165, 1.54) is 6.07 Å². The van der Waals surface area contributed by atoms with Crippen LogP contribution in [0.2, 0.25) is 0 Å². The van der Waals surface area contributed by atoms with Crippen LogP contribution < -0.4 is 0 Å². The van der Waals surface area contributed by atoms with Gasteiger partial charge in [0, 0.05) is 21.7 Å². The van der Waals surface area contributed by atoms with Gasteiger partial charge in [-0.3, -0.25) is 10.1 Å². The van der Waals surface area contributed by atoms with Gasteiger partial charge in [0.1, 0.15) is 0 Å². The maximum atomic E-state index is 12.3. The van der Waals surface area contributed by atoms with E-state index in [2.05, 4.69) is 31.9 Å². The zero-order chi connectivity index (χ0) is 13.7. The van der Waals surface area contributed by atoms with Crippen LogP contribution in [0, 0.1) is 10.1 Å². The number of nitro groups is 1. The molecule has 0 fully saturated rings. The normalized spacial score (nSPS) is 16.0. The van der Waals surface area contributed by atoms with Crippen molar-refractivity contribution in [2.45, 2.75) is 9.79 Å². The fourth-order valence-electron chi connectivity index (χ4n) is 2.04. The molecular weight excluding hydrogens is 398 g/mol. The molecule has 0 amide bonds. The number of fused-ring (bicyclic) bond motifs is 3. The average molecular weight is 403 g/mol. The van der Waals surface area contributed by atoms with Crippen molar-refractivity contribution in [3.63, 3.8) is 0 Å². The first-order valence-electron chi connectivity index (χ1n) is 5.18. The zero-order valence-electron chi connectivity index (χ0n) is 9.22. The molecule has 0 spiro atoms. The molecule has 0 saturated heterocycles. The molecular formula is C12H5Br2NO3S. The van der Waals surface area contributed by atoms with Crippen LogP contribution in [-0.4, -0.2) is 9.13 Å². The summed E-state index contributed by atoms with van der Waals surface area (Å²) >= 11 is 6.56. The summed E-state index contributed by atoms with van der Waals surface area (Å²) in [6.45, 7) is 0. The van der Waals surface area contributed by atoms with Crippen molar-refractivity contribution in [2.24, 2.45) is 0 Å². The van der Waals surface area contributed by atoms with Crippen LogP contribution in [0.25, 0.3) is 11.1 Å². The van der Waals surface area contributed by atoms with Gasteiger partial charge < -0.3 is 0 Å². The van der Waals surface area contributed by atoms with Crippen LogP contribution in [0.3, 0.4) is 0 Å². The van der Waals surface area contributed by atoms with Crippen LogP contribution in [0.15, 0.2) is 49.1 Å². The second-order valence-electron chi connectivity index (χ2n) is 3.97. The van der Waals surface area contributed by atoms with E-state index in [0.717, 1.165) is 15.6 Å². The maximum Gasteiger partial charge on any atom is 0.284 e. The smallest absolute Gasteiger partial charge is 0.258 e. The van der Waals surface area contributed by atoms with E-state index in [4.69, 9.17) is 0 Å². The van der Waals surface area contributed by atoms with Crippen molar-refractivity contribution in [3.8, 4) is 11.1 Å². The Morgan fingerprint density at radius 3 is 2.42 bits per heavy atom. The van der Waals surface area contributed by atoms with Crippen molar-refractivity contribution in [1.29, 1.82) is 0 Å². The predicted molar refractivity (Wildman–Crippen MR) is 78.6 cm³/mol. The summed E-state index contributed by atoms with van der Waals surface area (Å²) in [6.07, 6.45) is 0. The molecule has 0 aromatic heterocycles. The third-order valence-corrected chi connectivity index (χ3v) is 5.50. The summed E-state index contributed by atoms with van der Waals surface area (Å²) in [4.78, 5) is 11.6. The lowest BCUT2D eigenvalue weighted by atomic mass is 10.1. The molecule has 0 aliphatic carbocycles. The van der Waals surface area contributed by atoms with Gasteiger partial charge in [0.15, 0.2) is 0 Å². The fourth-order valence-corrected chi connectivity index (χ4v) is 4.27. The molecule has 2 aromatic carbocycles. The SMILES string of the molecule is O=[N+]([O-])c1cc2c(cc1Br)-c1cc(Br)ccc1S2=O. The largest absolute Gasteiger partial charge is 0.284 e. The minimum atomic E-state index is -1.36. The Morgan fingerprint density at radius 1 is 1.05 bits per heavy atom. The van der Waals surface area contributed by atoms with Gasteiger partial charge in [0.25, 0.3) is 5.69 Å². The van der Waals surface area contributed by atoms with E-state index in [9.17, 15) is 14.3 Å². The van der Waals surface area contributed by atoms with Gasteiger partial charge in [-0.2, -0.15) is 0 Å². The van der Waals surface area contributed by atoms with Gasteiger partial charge >= 0.3 is 0 Å². The molecule has 7 heteroatoms. The van der Waals surface area contributed by atoms with Crippen LogP contribution in [-0.2, 0) is 10.8 Å². The van der Waals surface area contributed by atoms with Gasteiger partial charge in [0.2, 0.25) is 0 Å². The number of rotatable bonds is 1. The Bertz CT molecular complexity index is 761. The van der Waals surface area contributed by atoms with E-state index in [1.54, 1.807) is 12.1 Å². The number of hydrogen-bond donors (Lipinski definition) is 0. The summed E-state index contributed by atoms with van der Waals surface area (Å²) < 4.78 is 13.6. The third kappa shape index (κ3) is 1.96. The Labute approximate surface area is 127 Å². The Balaban J connectivity index is 2.32. The van der Waals surface area contributed by atoms with Crippen LogP contribution in [0.1, 0.15) is 0 Å². The Hall–Kier alpha value is -1.05.